The van der Waals surface area contributed by atoms with Crippen LogP contribution in [0.3, 0.4) is 0 Å². The Morgan fingerprint density at radius 1 is 1.44 bits per heavy atom. The van der Waals surface area contributed by atoms with E-state index in [-0.39, 0.29) is 23.5 Å². The Balaban J connectivity index is 1.65. The van der Waals surface area contributed by atoms with Crippen molar-refractivity contribution in [3.8, 4) is 22.3 Å². The van der Waals surface area contributed by atoms with Crippen LogP contribution < -0.4 is 5.73 Å². The molecule has 1 fully saturated rings. The van der Waals surface area contributed by atoms with Gasteiger partial charge in [-0.15, -0.1) is 11.3 Å². The van der Waals surface area contributed by atoms with E-state index in [2.05, 4.69) is 21.3 Å². The van der Waals surface area contributed by atoms with Crippen molar-refractivity contribution in [2.45, 2.75) is 25.0 Å². The number of nitrogens with two attached hydrogens (primary N) is 1. The predicted octanol–water partition coefficient (Wildman–Crippen LogP) is 0.859. The average molecular weight is 355 g/mol. The molecule has 4 rings (SSSR count). The third kappa shape index (κ3) is 2.69. The molecule has 1 aliphatic carbocycles. The number of nitriles is 1. The van der Waals surface area contributed by atoms with Gasteiger partial charge >= 0.3 is 0 Å². The van der Waals surface area contributed by atoms with Crippen LogP contribution in [0.4, 0.5) is 0 Å². The molecule has 3 aromatic heterocycles. The summed E-state index contributed by atoms with van der Waals surface area (Å²) in [6, 6.07) is 2.17. The summed E-state index contributed by atoms with van der Waals surface area (Å²) in [6.45, 7) is 0. The molecule has 25 heavy (non-hydrogen) atoms. The lowest BCUT2D eigenvalue weighted by atomic mass is 9.90. The van der Waals surface area contributed by atoms with Crippen molar-refractivity contribution < 1.29 is 9.90 Å². The molecule has 0 radical (unpaired) electrons. The van der Waals surface area contributed by atoms with Gasteiger partial charge in [-0.2, -0.15) is 15.5 Å². The largest absolute Gasteiger partial charge is 0.393 e. The standard InChI is InChI=1S/C15H13N7O2S/c16-3-11-13(6-21(20-11)9-1-10(23)2-9)22-5-8(4-18-22)15-19-12(7-25-15)14(17)24/h4-7,9-10,23H,1-2H2,(H2,17,24). The fraction of sp³-hybridized carbons (Fsp3) is 0.267. The minimum Gasteiger partial charge on any atom is -0.393 e. The summed E-state index contributed by atoms with van der Waals surface area (Å²) in [5.74, 6) is -0.578. The van der Waals surface area contributed by atoms with Gasteiger partial charge in [0.2, 0.25) is 0 Å². The van der Waals surface area contributed by atoms with Gasteiger partial charge in [-0.3, -0.25) is 9.48 Å². The highest BCUT2D eigenvalue weighted by Crippen LogP contribution is 2.32. The van der Waals surface area contributed by atoms with E-state index in [0.29, 0.717) is 29.1 Å². The van der Waals surface area contributed by atoms with Crippen molar-refractivity contribution in [3.05, 3.63) is 35.4 Å². The Morgan fingerprint density at radius 3 is 2.88 bits per heavy atom. The van der Waals surface area contributed by atoms with E-state index in [1.165, 1.54) is 11.3 Å². The zero-order valence-electron chi connectivity index (χ0n) is 12.9. The second-order valence-corrected chi connectivity index (χ2v) is 6.67. The van der Waals surface area contributed by atoms with Gasteiger partial charge in [-0.05, 0) is 12.8 Å². The quantitative estimate of drug-likeness (QED) is 0.712. The predicted molar refractivity (Wildman–Crippen MR) is 88.0 cm³/mol. The number of carbonyl (C=O) groups is 1. The van der Waals surface area contributed by atoms with Gasteiger partial charge in [0.1, 0.15) is 22.5 Å². The second kappa shape index (κ2) is 5.80. The van der Waals surface area contributed by atoms with E-state index in [0.717, 1.165) is 0 Å². The number of nitrogens with zero attached hydrogens (tertiary/aromatic N) is 6. The fourth-order valence-electron chi connectivity index (χ4n) is 2.68. The molecule has 9 nitrogen and oxygen atoms in total. The van der Waals surface area contributed by atoms with Crippen molar-refractivity contribution in [1.29, 1.82) is 5.26 Å². The van der Waals surface area contributed by atoms with Crippen LogP contribution in [0, 0.1) is 11.3 Å². The molecule has 3 aromatic rings. The molecule has 0 aliphatic heterocycles. The summed E-state index contributed by atoms with van der Waals surface area (Å²) in [5, 5.41) is 29.5. The summed E-state index contributed by atoms with van der Waals surface area (Å²) in [4.78, 5) is 15.3. The average Bonchev–Trinajstić information content (AvgIpc) is 3.28. The summed E-state index contributed by atoms with van der Waals surface area (Å²) in [5.41, 5.74) is 6.96. The summed E-state index contributed by atoms with van der Waals surface area (Å²) in [7, 11) is 0. The molecule has 0 bridgehead atoms. The third-order valence-electron chi connectivity index (χ3n) is 4.11. The molecule has 1 amide bonds. The minimum atomic E-state index is -0.578. The van der Waals surface area contributed by atoms with Crippen LogP contribution in [-0.4, -0.2) is 41.7 Å². The molecule has 10 heteroatoms. The number of primary amides is 1. The molecule has 0 atom stereocenters. The monoisotopic (exact) mass is 355 g/mol. The minimum absolute atomic E-state index is 0.1000. The maximum atomic E-state index is 11.2. The Kier molecular flexibility index (Phi) is 3.60. The topological polar surface area (TPSA) is 136 Å². The van der Waals surface area contributed by atoms with Crippen molar-refractivity contribution in [2.75, 3.05) is 0 Å². The molecule has 3 heterocycles. The zero-order valence-corrected chi connectivity index (χ0v) is 13.7. The number of hydrogen-bond donors (Lipinski definition) is 2. The van der Waals surface area contributed by atoms with Crippen LogP contribution in [0.25, 0.3) is 16.3 Å². The van der Waals surface area contributed by atoms with E-state index in [1.54, 1.807) is 33.3 Å². The highest BCUT2D eigenvalue weighted by Gasteiger charge is 2.30. The smallest absolute Gasteiger partial charge is 0.268 e. The molecule has 0 aromatic carbocycles. The molecule has 1 saturated carbocycles. The van der Waals surface area contributed by atoms with Crippen molar-refractivity contribution >= 4 is 17.2 Å². The van der Waals surface area contributed by atoms with Crippen molar-refractivity contribution in [1.82, 2.24) is 24.5 Å². The molecular formula is C15H13N7O2S. The lowest BCUT2D eigenvalue weighted by Gasteiger charge is -2.31. The molecule has 126 valence electrons. The van der Waals surface area contributed by atoms with E-state index in [1.807, 2.05) is 0 Å². The van der Waals surface area contributed by atoms with Gasteiger partial charge in [0.25, 0.3) is 5.91 Å². The van der Waals surface area contributed by atoms with Gasteiger partial charge in [-0.1, -0.05) is 0 Å². The highest BCUT2D eigenvalue weighted by atomic mass is 32.1. The van der Waals surface area contributed by atoms with Gasteiger partial charge in [-0.25, -0.2) is 9.67 Å². The van der Waals surface area contributed by atoms with Gasteiger partial charge < -0.3 is 10.8 Å². The number of aliphatic hydroxyl groups excluding tert-OH is 1. The third-order valence-corrected chi connectivity index (χ3v) is 5.01. The highest BCUT2D eigenvalue weighted by molar-refractivity contribution is 7.13. The SMILES string of the molecule is N#Cc1nn(C2CC(O)C2)cc1-n1cc(-c2nc(C(N)=O)cs2)cn1. The lowest BCUT2D eigenvalue weighted by molar-refractivity contribution is 0.0433. The Morgan fingerprint density at radius 2 is 2.24 bits per heavy atom. The first-order valence-corrected chi connectivity index (χ1v) is 8.41. The molecule has 0 saturated heterocycles. The number of aromatic nitrogens is 5. The van der Waals surface area contributed by atoms with E-state index in [4.69, 9.17) is 5.73 Å². The van der Waals surface area contributed by atoms with Crippen LogP contribution in [0.5, 0.6) is 0 Å². The van der Waals surface area contributed by atoms with E-state index < -0.39 is 5.91 Å². The first kappa shape index (κ1) is 15.5. The molecule has 0 unspecified atom stereocenters. The first-order chi connectivity index (χ1) is 12.0. The van der Waals surface area contributed by atoms with E-state index >= 15 is 0 Å². The number of aliphatic hydroxyl groups is 1. The molecule has 3 N–H and O–H groups in total. The number of thiazole rings is 1. The van der Waals surface area contributed by atoms with Crippen LogP contribution in [-0.2, 0) is 0 Å². The van der Waals surface area contributed by atoms with Crippen molar-refractivity contribution in [2.24, 2.45) is 5.73 Å². The van der Waals surface area contributed by atoms with Crippen LogP contribution in [0.15, 0.2) is 24.0 Å². The van der Waals surface area contributed by atoms with Crippen molar-refractivity contribution in [3.63, 3.8) is 0 Å². The maximum absolute atomic E-state index is 11.2. The summed E-state index contributed by atoms with van der Waals surface area (Å²) in [6.07, 6.45) is 6.04. The zero-order chi connectivity index (χ0) is 17.6. The lowest BCUT2D eigenvalue weighted by Crippen LogP contribution is -2.31. The van der Waals surface area contributed by atoms with Crippen LogP contribution in [0.2, 0.25) is 0 Å². The fourth-order valence-corrected chi connectivity index (χ4v) is 3.46. The summed E-state index contributed by atoms with van der Waals surface area (Å²) < 4.78 is 3.26. The number of hydrogen-bond acceptors (Lipinski definition) is 7. The molecule has 1 aliphatic rings. The van der Waals surface area contributed by atoms with Gasteiger partial charge in [0.15, 0.2) is 5.69 Å². The van der Waals surface area contributed by atoms with Gasteiger partial charge in [0.05, 0.1) is 24.5 Å². The first-order valence-electron chi connectivity index (χ1n) is 7.53. The number of carbonyl (C=O) groups excluding carboxylic acids is 1. The van der Waals surface area contributed by atoms with Crippen LogP contribution in [0.1, 0.15) is 35.1 Å². The number of amides is 1. The maximum Gasteiger partial charge on any atom is 0.268 e. The van der Waals surface area contributed by atoms with E-state index in [9.17, 15) is 15.2 Å². The Bertz CT molecular complexity index is 990. The Labute approximate surface area is 145 Å². The summed E-state index contributed by atoms with van der Waals surface area (Å²) >= 11 is 1.29. The van der Waals surface area contributed by atoms with Gasteiger partial charge in [0, 0.05) is 17.1 Å². The van der Waals surface area contributed by atoms with Crippen LogP contribution >= 0.6 is 11.3 Å². The Hall–Kier alpha value is -3.03. The second-order valence-electron chi connectivity index (χ2n) is 5.81. The normalized spacial score (nSPS) is 19.4. The molecular weight excluding hydrogens is 342 g/mol. The number of rotatable bonds is 4. The molecule has 0 spiro atoms.